The predicted octanol–water partition coefficient (Wildman–Crippen LogP) is 0.511. The summed E-state index contributed by atoms with van der Waals surface area (Å²) in [6.07, 6.45) is 1.50. The molecule has 0 aliphatic carbocycles. The van der Waals surface area contributed by atoms with Crippen molar-refractivity contribution in [1.29, 1.82) is 0 Å². The number of anilines is 1. The van der Waals surface area contributed by atoms with Crippen molar-refractivity contribution in [1.82, 2.24) is 9.62 Å². The summed E-state index contributed by atoms with van der Waals surface area (Å²) in [4.78, 5) is 27.6. The van der Waals surface area contributed by atoms with E-state index in [1.807, 2.05) is 0 Å². The topological polar surface area (TPSA) is 96.0 Å². The molecule has 1 atom stereocenters. The monoisotopic (exact) mass is 395 g/mol. The summed E-state index contributed by atoms with van der Waals surface area (Å²) in [7, 11) is -3.85. The van der Waals surface area contributed by atoms with Gasteiger partial charge in [0, 0.05) is 32.2 Å². The van der Waals surface area contributed by atoms with Crippen molar-refractivity contribution < 1.29 is 22.7 Å². The van der Waals surface area contributed by atoms with Gasteiger partial charge in [-0.05, 0) is 43.5 Å². The molecule has 27 heavy (non-hydrogen) atoms. The summed E-state index contributed by atoms with van der Waals surface area (Å²) in [6.45, 7) is 5.53. The second-order valence-corrected chi connectivity index (χ2v) is 8.56. The number of rotatable bonds is 4. The molecular formula is C18H25N3O5S. The van der Waals surface area contributed by atoms with E-state index in [2.05, 4.69) is 4.72 Å². The van der Waals surface area contributed by atoms with Gasteiger partial charge in [-0.25, -0.2) is 8.42 Å². The van der Waals surface area contributed by atoms with Crippen LogP contribution in [0, 0.1) is 0 Å². The van der Waals surface area contributed by atoms with Crippen LogP contribution in [0.4, 0.5) is 5.69 Å². The van der Waals surface area contributed by atoms with Gasteiger partial charge in [0.1, 0.15) is 0 Å². The molecular weight excluding hydrogens is 370 g/mol. The summed E-state index contributed by atoms with van der Waals surface area (Å²) < 4.78 is 33.2. The number of amides is 2. The van der Waals surface area contributed by atoms with Gasteiger partial charge in [-0.15, -0.1) is 0 Å². The van der Waals surface area contributed by atoms with Crippen molar-refractivity contribution in [3.63, 3.8) is 0 Å². The van der Waals surface area contributed by atoms with Crippen molar-refractivity contribution in [2.24, 2.45) is 0 Å². The van der Waals surface area contributed by atoms with Gasteiger partial charge in [0.15, 0.2) is 0 Å². The first-order valence-corrected chi connectivity index (χ1v) is 10.6. The first-order valence-electron chi connectivity index (χ1n) is 9.09. The molecule has 148 valence electrons. The Kier molecular flexibility index (Phi) is 5.83. The average molecular weight is 395 g/mol. The predicted molar refractivity (Wildman–Crippen MR) is 100.0 cm³/mol. The minimum absolute atomic E-state index is 0.0607. The number of sulfonamides is 1. The lowest BCUT2D eigenvalue weighted by Gasteiger charge is -2.30. The second kappa shape index (κ2) is 7.95. The SMILES string of the molecule is CC(=O)N1CCCc2cc(S(=O)(=O)N[C@@H](C)C(=O)N3CCOCC3)ccc21. The largest absolute Gasteiger partial charge is 0.378 e. The molecule has 1 N–H and O–H groups in total. The van der Waals surface area contributed by atoms with E-state index in [4.69, 9.17) is 4.74 Å². The normalized spacial score (nSPS) is 18.7. The van der Waals surface area contributed by atoms with Gasteiger partial charge in [-0.1, -0.05) is 0 Å². The lowest BCUT2D eigenvalue weighted by Crippen LogP contribution is -2.50. The van der Waals surface area contributed by atoms with E-state index in [0.29, 0.717) is 39.3 Å². The minimum Gasteiger partial charge on any atom is -0.378 e. The van der Waals surface area contributed by atoms with Crippen molar-refractivity contribution in [2.75, 3.05) is 37.7 Å². The molecule has 1 saturated heterocycles. The number of carbonyl (C=O) groups excluding carboxylic acids is 2. The van der Waals surface area contributed by atoms with E-state index in [1.54, 1.807) is 28.9 Å². The molecule has 0 aromatic heterocycles. The molecule has 1 aromatic rings. The van der Waals surface area contributed by atoms with Crippen LogP contribution in [0.1, 0.15) is 25.8 Å². The molecule has 2 aliphatic rings. The maximum atomic E-state index is 12.7. The fraction of sp³-hybridized carbons (Fsp3) is 0.556. The smallest absolute Gasteiger partial charge is 0.241 e. The molecule has 8 nitrogen and oxygen atoms in total. The van der Waals surface area contributed by atoms with Gasteiger partial charge in [0.05, 0.1) is 24.2 Å². The number of hydrogen-bond donors (Lipinski definition) is 1. The van der Waals surface area contributed by atoms with Crippen molar-refractivity contribution in [3.05, 3.63) is 23.8 Å². The van der Waals surface area contributed by atoms with Crippen LogP contribution in [0.2, 0.25) is 0 Å². The van der Waals surface area contributed by atoms with Crippen LogP contribution in [0.25, 0.3) is 0 Å². The highest BCUT2D eigenvalue weighted by Crippen LogP contribution is 2.29. The Morgan fingerprint density at radius 1 is 1.19 bits per heavy atom. The Hall–Kier alpha value is -1.97. The van der Waals surface area contributed by atoms with E-state index >= 15 is 0 Å². The standard InChI is InChI=1S/C18H25N3O5S/c1-13(18(23)20-8-10-26-11-9-20)19-27(24,25)16-5-6-17-15(12-16)4-3-7-21(17)14(2)22/h5-6,12-13,19H,3-4,7-11H2,1-2H3/t13-/m0/s1. The van der Waals surface area contributed by atoms with Gasteiger partial charge < -0.3 is 14.5 Å². The highest BCUT2D eigenvalue weighted by Gasteiger charge is 2.28. The lowest BCUT2D eigenvalue weighted by molar-refractivity contribution is -0.136. The average Bonchev–Trinajstić information content (AvgIpc) is 2.66. The Labute approximate surface area is 159 Å². The molecule has 0 radical (unpaired) electrons. The number of carbonyl (C=O) groups is 2. The van der Waals surface area contributed by atoms with E-state index in [0.717, 1.165) is 17.7 Å². The highest BCUT2D eigenvalue weighted by atomic mass is 32.2. The van der Waals surface area contributed by atoms with Gasteiger partial charge >= 0.3 is 0 Å². The van der Waals surface area contributed by atoms with Gasteiger partial charge in [-0.3, -0.25) is 9.59 Å². The number of fused-ring (bicyclic) bond motifs is 1. The number of ether oxygens (including phenoxy) is 1. The Morgan fingerprint density at radius 2 is 1.89 bits per heavy atom. The van der Waals surface area contributed by atoms with Crippen LogP contribution in [0.5, 0.6) is 0 Å². The number of benzene rings is 1. The maximum Gasteiger partial charge on any atom is 0.241 e. The Balaban J connectivity index is 1.76. The van der Waals surface area contributed by atoms with Crippen LogP contribution < -0.4 is 9.62 Å². The number of morpholine rings is 1. The highest BCUT2D eigenvalue weighted by molar-refractivity contribution is 7.89. The van der Waals surface area contributed by atoms with Gasteiger partial charge in [0.2, 0.25) is 21.8 Å². The van der Waals surface area contributed by atoms with Crippen molar-refractivity contribution in [3.8, 4) is 0 Å². The van der Waals surface area contributed by atoms with Crippen LogP contribution in [0.3, 0.4) is 0 Å². The molecule has 1 fully saturated rings. The number of hydrogen-bond acceptors (Lipinski definition) is 5. The van der Waals surface area contributed by atoms with Gasteiger partial charge in [-0.2, -0.15) is 4.72 Å². The summed E-state index contributed by atoms with van der Waals surface area (Å²) in [5.74, 6) is -0.322. The fourth-order valence-corrected chi connectivity index (χ4v) is 4.72. The zero-order valence-corrected chi connectivity index (χ0v) is 16.4. The molecule has 9 heteroatoms. The molecule has 0 unspecified atom stereocenters. The molecule has 2 amide bonds. The van der Waals surface area contributed by atoms with Crippen LogP contribution in [-0.2, 0) is 30.8 Å². The van der Waals surface area contributed by atoms with Crippen LogP contribution >= 0.6 is 0 Å². The lowest BCUT2D eigenvalue weighted by atomic mass is 10.0. The Morgan fingerprint density at radius 3 is 2.56 bits per heavy atom. The third kappa shape index (κ3) is 4.31. The van der Waals surface area contributed by atoms with E-state index in [1.165, 1.54) is 13.0 Å². The number of nitrogens with zero attached hydrogens (tertiary/aromatic N) is 2. The zero-order valence-electron chi connectivity index (χ0n) is 15.6. The van der Waals surface area contributed by atoms with Crippen LogP contribution in [0.15, 0.2) is 23.1 Å². The zero-order chi connectivity index (χ0) is 19.6. The first-order chi connectivity index (χ1) is 12.8. The summed E-state index contributed by atoms with van der Waals surface area (Å²) in [5, 5.41) is 0. The quantitative estimate of drug-likeness (QED) is 0.801. The molecule has 0 bridgehead atoms. The first kappa shape index (κ1) is 19.8. The summed E-state index contributed by atoms with van der Waals surface area (Å²) >= 11 is 0. The number of aryl methyl sites for hydroxylation is 1. The van der Waals surface area contributed by atoms with Gasteiger partial charge in [0.25, 0.3) is 0 Å². The molecule has 3 rings (SSSR count). The Bertz CT molecular complexity index is 833. The van der Waals surface area contributed by atoms with E-state index in [9.17, 15) is 18.0 Å². The molecule has 2 aliphatic heterocycles. The summed E-state index contributed by atoms with van der Waals surface area (Å²) in [6, 6.07) is 3.88. The summed E-state index contributed by atoms with van der Waals surface area (Å²) in [5.41, 5.74) is 1.58. The minimum atomic E-state index is -3.85. The van der Waals surface area contributed by atoms with Crippen molar-refractivity contribution >= 4 is 27.5 Å². The molecule has 2 heterocycles. The third-order valence-corrected chi connectivity index (χ3v) is 6.42. The van der Waals surface area contributed by atoms with Crippen molar-refractivity contribution in [2.45, 2.75) is 37.6 Å². The number of nitrogens with one attached hydrogen (secondary N) is 1. The van der Waals surface area contributed by atoms with Crippen LogP contribution in [-0.4, -0.2) is 64.0 Å². The third-order valence-electron chi connectivity index (χ3n) is 4.89. The van der Waals surface area contributed by atoms with E-state index < -0.39 is 16.1 Å². The second-order valence-electron chi connectivity index (χ2n) is 6.85. The fourth-order valence-electron chi connectivity index (χ4n) is 3.48. The molecule has 1 aromatic carbocycles. The molecule has 0 spiro atoms. The van der Waals surface area contributed by atoms with E-state index in [-0.39, 0.29) is 16.7 Å². The maximum absolute atomic E-state index is 12.7. The molecule has 0 saturated carbocycles.